The molecular weight excluding hydrogens is 302 g/mol. The molecule has 0 bridgehead atoms. The molecule has 112 valence electrons. The average Bonchev–Trinajstić information content (AvgIpc) is 2.95. The number of sulfonamides is 1. The van der Waals surface area contributed by atoms with Crippen LogP contribution in [0.1, 0.15) is 5.82 Å². The van der Waals surface area contributed by atoms with Crippen LogP contribution in [0.2, 0.25) is 0 Å². The highest BCUT2D eigenvalue weighted by atomic mass is 32.2. The van der Waals surface area contributed by atoms with Gasteiger partial charge < -0.3 is 4.52 Å². The molecule has 2 aromatic carbocycles. The van der Waals surface area contributed by atoms with Gasteiger partial charge in [-0.05, 0) is 43.3 Å². The van der Waals surface area contributed by atoms with Crippen LogP contribution < -0.4 is 4.72 Å². The van der Waals surface area contributed by atoms with E-state index in [1.54, 1.807) is 49.4 Å². The highest BCUT2D eigenvalue weighted by Gasteiger charge is 2.13. The van der Waals surface area contributed by atoms with Gasteiger partial charge in [-0.15, -0.1) is 0 Å². The molecule has 7 heteroatoms. The van der Waals surface area contributed by atoms with E-state index in [-0.39, 0.29) is 4.90 Å². The smallest absolute Gasteiger partial charge is 0.261 e. The SMILES string of the molecule is Cc1noc(-c2ccc(NS(=O)(=O)c3ccccc3)cc2)n1. The Balaban J connectivity index is 1.82. The number of nitrogens with zero attached hydrogens (tertiary/aromatic N) is 2. The average molecular weight is 315 g/mol. The zero-order chi connectivity index (χ0) is 15.6. The number of aryl methyl sites for hydroxylation is 1. The van der Waals surface area contributed by atoms with E-state index < -0.39 is 10.0 Å². The number of aromatic nitrogens is 2. The van der Waals surface area contributed by atoms with Crippen molar-refractivity contribution in [2.75, 3.05) is 4.72 Å². The Kier molecular flexibility index (Phi) is 3.64. The van der Waals surface area contributed by atoms with Crippen LogP contribution in [0, 0.1) is 6.92 Å². The van der Waals surface area contributed by atoms with Crippen molar-refractivity contribution in [2.24, 2.45) is 0 Å². The second-order valence-corrected chi connectivity index (χ2v) is 6.33. The molecule has 1 aromatic heterocycles. The van der Waals surface area contributed by atoms with Crippen molar-refractivity contribution < 1.29 is 12.9 Å². The molecule has 0 atom stereocenters. The van der Waals surface area contributed by atoms with E-state index in [2.05, 4.69) is 14.9 Å². The van der Waals surface area contributed by atoms with Crippen molar-refractivity contribution in [3.8, 4) is 11.5 Å². The van der Waals surface area contributed by atoms with Crippen LogP contribution in [0.15, 0.2) is 64.0 Å². The Morgan fingerprint density at radius 1 is 1.00 bits per heavy atom. The molecule has 22 heavy (non-hydrogen) atoms. The van der Waals surface area contributed by atoms with E-state index in [1.165, 1.54) is 12.1 Å². The predicted molar refractivity (Wildman–Crippen MR) is 81.7 cm³/mol. The largest absolute Gasteiger partial charge is 0.334 e. The van der Waals surface area contributed by atoms with E-state index in [0.717, 1.165) is 5.56 Å². The standard InChI is InChI=1S/C15H13N3O3S/c1-11-16-15(21-17-11)12-7-9-13(10-8-12)18-22(19,20)14-5-3-2-4-6-14/h2-10,18H,1H3. The third-order valence-electron chi connectivity index (χ3n) is 2.97. The van der Waals surface area contributed by atoms with Crippen LogP contribution in [-0.4, -0.2) is 18.6 Å². The van der Waals surface area contributed by atoms with E-state index in [4.69, 9.17) is 4.52 Å². The zero-order valence-corrected chi connectivity index (χ0v) is 12.5. The van der Waals surface area contributed by atoms with Gasteiger partial charge >= 0.3 is 0 Å². The van der Waals surface area contributed by atoms with Gasteiger partial charge in [0.15, 0.2) is 5.82 Å². The third-order valence-corrected chi connectivity index (χ3v) is 4.36. The number of hydrogen-bond acceptors (Lipinski definition) is 5. The lowest BCUT2D eigenvalue weighted by Crippen LogP contribution is -2.12. The lowest BCUT2D eigenvalue weighted by Gasteiger charge is -2.08. The molecule has 0 spiro atoms. The summed E-state index contributed by atoms with van der Waals surface area (Å²) in [6, 6.07) is 14.9. The number of rotatable bonds is 4. The maximum atomic E-state index is 12.2. The molecule has 3 rings (SSSR count). The molecule has 0 fully saturated rings. The summed E-state index contributed by atoms with van der Waals surface area (Å²) in [6.45, 7) is 1.73. The predicted octanol–water partition coefficient (Wildman–Crippen LogP) is 2.85. The van der Waals surface area contributed by atoms with Crippen molar-refractivity contribution in [3.05, 3.63) is 60.4 Å². The maximum absolute atomic E-state index is 12.2. The molecule has 0 saturated carbocycles. The fraction of sp³-hybridized carbons (Fsp3) is 0.0667. The molecule has 6 nitrogen and oxygen atoms in total. The first-order valence-electron chi connectivity index (χ1n) is 6.53. The first-order valence-corrected chi connectivity index (χ1v) is 8.01. The number of benzene rings is 2. The van der Waals surface area contributed by atoms with Gasteiger partial charge in [0.05, 0.1) is 4.90 Å². The molecule has 3 aromatic rings. The molecule has 0 saturated heterocycles. The second kappa shape index (κ2) is 5.61. The highest BCUT2D eigenvalue weighted by Crippen LogP contribution is 2.21. The number of hydrogen-bond donors (Lipinski definition) is 1. The lowest BCUT2D eigenvalue weighted by molar-refractivity contribution is 0.425. The van der Waals surface area contributed by atoms with Gasteiger partial charge in [0.1, 0.15) is 0 Å². The monoisotopic (exact) mass is 315 g/mol. The van der Waals surface area contributed by atoms with Gasteiger partial charge in [-0.25, -0.2) is 8.42 Å². The van der Waals surface area contributed by atoms with E-state index in [9.17, 15) is 8.42 Å². The topological polar surface area (TPSA) is 85.1 Å². The number of anilines is 1. The van der Waals surface area contributed by atoms with Crippen molar-refractivity contribution >= 4 is 15.7 Å². The number of nitrogens with one attached hydrogen (secondary N) is 1. The fourth-order valence-electron chi connectivity index (χ4n) is 1.91. The Bertz CT molecular complexity index is 872. The molecule has 1 N–H and O–H groups in total. The van der Waals surface area contributed by atoms with Crippen molar-refractivity contribution in [1.29, 1.82) is 0 Å². The van der Waals surface area contributed by atoms with Crippen molar-refractivity contribution in [2.45, 2.75) is 11.8 Å². The minimum absolute atomic E-state index is 0.214. The molecule has 0 aliphatic heterocycles. The molecule has 1 heterocycles. The summed E-state index contributed by atoms with van der Waals surface area (Å²) in [5, 5.41) is 3.72. The van der Waals surface area contributed by atoms with Gasteiger partial charge in [-0.2, -0.15) is 4.98 Å². The summed E-state index contributed by atoms with van der Waals surface area (Å²) in [7, 11) is -3.59. The molecule has 0 radical (unpaired) electrons. The summed E-state index contributed by atoms with van der Waals surface area (Å²) < 4.78 is 32.0. The fourth-order valence-corrected chi connectivity index (χ4v) is 2.99. The van der Waals surface area contributed by atoms with Crippen LogP contribution in [-0.2, 0) is 10.0 Å². The highest BCUT2D eigenvalue weighted by molar-refractivity contribution is 7.92. The van der Waals surface area contributed by atoms with Crippen LogP contribution in [0.25, 0.3) is 11.5 Å². The molecule has 0 unspecified atom stereocenters. The van der Waals surface area contributed by atoms with Gasteiger partial charge in [-0.1, -0.05) is 23.4 Å². The van der Waals surface area contributed by atoms with Crippen LogP contribution >= 0.6 is 0 Å². The minimum Gasteiger partial charge on any atom is -0.334 e. The van der Waals surface area contributed by atoms with Gasteiger partial charge in [0.25, 0.3) is 15.9 Å². The molecule has 0 aliphatic rings. The van der Waals surface area contributed by atoms with E-state index >= 15 is 0 Å². The molecular formula is C15H13N3O3S. The van der Waals surface area contributed by atoms with E-state index in [1.807, 2.05) is 0 Å². The summed E-state index contributed by atoms with van der Waals surface area (Å²) in [5.41, 5.74) is 1.19. The summed E-state index contributed by atoms with van der Waals surface area (Å²) in [6.07, 6.45) is 0. The maximum Gasteiger partial charge on any atom is 0.261 e. The summed E-state index contributed by atoms with van der Waals surface area (Å²) in [5.74, 6) is 0.943. The molecule has 0 amide bonds. The normalized spacial score (nSPS) is 11.3. The second-order valence-electron chi connectivity index (χ2n) is 4.64. The van der Waals surface area contributed by atoms with Crippen LogP contribution in [0.5, 0.6) is 0 Å². The summed E-state index contributed by atoms with van der Waals surface area (Å²) in [4.78, 5) is 4.33. The van der Waals surface area contributed by atoms with Gasteiger partial charge in [-0.3, -0.25) is 4.72 Å². The van der Waals surface area contributed by atoms with Crippen molar-refractivity contribution in [1.82, 2.24) is 10.1 Å². The Labute approximate surface area is 127 Å². The first kappa shape index (κ1) is 14.3. The van der Waals surface area contributed by atoms with Gasteiger partial charge in [0.2, 0.25) is 0 Å². The quantitative estimate of drug-likeness (QED) is 0.800. The Morgan fingerprint density at radius 2 is 1.68 bits per heavy atom. The minimum atomic E-state index is -3.59. The third kappa shape index (κ3) is 2.99. The summed E-state index contributed by atoms with van der Waals surface area (Å²) >= 11 is 0. The van der Waals surface area contributed by atoms with Crippen LogP contribution in [0.4, 0.5) is 5.69 Å². The molecule has 0 aliphatic carbocycles. The van der Waals surface area contributed by atoms with E-state index in [0.29, 0.717) is 17.4 Å². The van der Waals surface area contributed by atoms with Crippen molar-refractivity contribution in [3.63, 3.8) is 0 Å². The van der Waals surface area contributed by atoms with Crippen LogP contribution in [0.3, 0.4) is 0 Å². The Morgan fingerprint density at radius 3 is 2.27 bits per heavy atom. The van der Waals surface area contributed by atoms with Gasteiger partial charge in [0, 0.05) is 11.3 Å². The lowest BCUT2D eigenvalue weighted by atomic mass is 10.2. The Hall–Kier alpha value is -2.67. The zero-order valence-electron chi connectivity index (χ0n) is 11.7. The first-order chi connectivity index (χ1) is 10.5.